The van der Waals surface area contributed by atoms with Gasteiger partial charge in [0.15, 0.2) is 5.13 Å². The summed E-state index contributed by atoms with van der Waals surface area (Å²) >= 11 is 2.83. The zero-order valence-electron chi connectivity index (χ0n) is 13.9. The van der Waals surface area contributed by atoms with Crippen LogP contribution in [0, 0.1) is 0 Å². The average Bonchev–Trinajstić information content (AvgIpc) is 3.28. The molecule has 0 saturated carbocycles. The van der Waals surface area contributed by atoms with E-state index in [-0.39, 0.29) is 5.91 Å². The van der Waals surface area contributed by atoms with Crippen LogP contribution in [0.5, 0.6) is 5.75 Å². The molecule has 0 aliphatic rings. The maximum Gasteiger partial charge on any atom is 0.277 e. The van der Waals surface area contributed by atoms with Gasteiger partial charge in [0.2, 0.25) is 11.8 Å². The normalized spacial score (nSPS) is 10.7. The second-order valence-corrected chi connectivity index (χ2v) is 6.85. The van der Waals surface area contributed by atoms with Crippen LogP contribution in [-0.4, -0.2) is 35.2 Å². The van der Waals surface area contributed by atoms with Crippen LogP contribution in [0.4, 0.5) is 5.13 Å². The summed E-state index contributed by atoms with van der Waals surface area (Å²) in [5.74, 6) is 1.77. The Morgan fingerprint density at radius 1 is 1.32 bits per heavy atom. The van der Waals surface area contributed by atoms with Crippen molar-refractivity contribution in [1.29, 1.82) is 0 Å². The molecule has 0 fully saturated rings. The Balaban J connectivity index is 1.62. The van der Waals surface area contributed by atoms with E-state index in [4.69, 9.17) is 9.15 Å². The number of amides is 1. The lowest BCUT2D eigenvalue weighted by Gasteiger charge is -2.09. The molecule has 1 amide bonds. The molecule has 0 aliphatic carbocycles. The van der Waals surface area contributed by atoms with Gasteiger partial charge in [0.25, 0.3) is 5.22 Å². The number of methoxy groups -OCH3 is 1. The lowest BCUT2D eigenvalue weighted by Crippen LogP contribution is -2.22. The first-order valence-electron chi connectivity index (χ1n) is 7.36. The molecule has 7 nitrogen and oxygen atoms in total. The third kappa shape index (κ3) is 4.18. The Hall–Kier alpha value is -2.39. The minimum absolute atomic E-state index is 0.0467. The molecule has 0 bridgehead atoms. The highest BCUT2D eigenvalue weighted by Crippen LogP contribution is 2.28. The zero-order valence-corrected chi connectivity index (χ0v) is 15.6. The third-order valence-corrected chi connectivity index (χ3v) is 5.20. The smallest absolute Gasteiger partial charge is 0.277 e. The van der Waals surface area contributed by atoms with Crippen molar-refractivity contribution in [2.24, 2.45) is 0 Å². The summed E-state index contributed by atoms with van der Waals surface area (Å²) in [6.45, 7) is 1.51. The number of aromatic nitrogens is 3. The molecule has 3 aromatic rings. The quantitative estimate of drug-likeness (QED) is 0.609. The second kappa shape index (κ2) is 7.66. The van der Waals surface area contributed by atoms with E-state index in [0.29, 0.717) is 22.0 Å². The maximum absolute atomic E-state index is 11.4. The van der Waals surface area contributed by atoms with Gasteiger partial charge >= 0.3 is 0 Å². The van der Waals surface area contributed by atoms with Crippen LogP contribution in [0.15, 0.2) is 39.3 Å². The summed E-state index contributed by atoms with van der Waals surface area (Å²) < 4.78 is 10.8. The van der Waals surface area contributed by atoms with E-state index < -0.39 is 0 Å². The van der Waals surface area contributed by atoms with E-state index in [9.17, 15) is 4.79 Å². The van der Waals surface area contributed by atoms with Gasteiger partial charge in [-0.2, -0.15) is 0 Å². The Morgan fingerprint density at radius 2 is 2.08 bits per heavy atom. The van der Waals surface area contributed by atoms with Gasteiger partial charge in [-0.3, -0.25) is 9.69 Å². The van der Waals surface area contributed by atoms with E-state index in [1.165, 1.54) is 34.9 Å². The van der Waals surface area contributed by atoms with Crippen molar-refractivity contribution in [1.82, 2.24) is 15.2 Å². The molecular formula is C16H16N4O3S2. The third-order valence-electron chi connectivity index (χ3n) is 3.39. The number of ether oxygens (including phenoxy) is 1. The standard InChI is InChI=1S/C16H16N4O3S2/c1-10(21)20(2)15-17-12(8-24-15)9-25-16-19-18-14(23-16)11-4-6-13(22-3)7-5-11/h4-8H,9H2,1-3H3. The van der Waals surface area contributed by atoms with Crippen LogP contribution >= 0.6 is 23.1 Å². The highest BCUT2D eigenvalue weighted by molar-refractivity contribution is 7.98. The Morgan fingerprint density at radius 3 is 2.76 bits per heavy atom. The van der Waals surface area contributed by atoms with Gasteiger partial charge in [0.1, 0.15) is 5.75 Å². The number of nitrogens with zero attached hydrogens (tertiary/aromatic N) is 4. The molecule has 0 N–H and O–H groups in total. The Bertz CT molecular complexity index is 860. The van der Waals surface area contributed by atoms with Crippen molar-refractivity contribution in [2.75, 3.05) is 19.1 Å². The number of carbonyl (C=O) groups is 1. The lowest BCUT2D eigenvalue weighted by molar-refractivity contribution is -0.116. The van der Waals surface area contributed by atoms with Crippen LogP contribution < -0.4 is 9.64 Å². The number of carbonyl (C=O) groups excluding carboxylic acids is 1. The number of thiazole rings is 1. The highest BCUT2D eigenvalue weighted by atomic mass is 32.2. The van der Waals surface area contributed by atoms with Gasteiger partial charge in [-0.05, 0) is 24.3 Å². The van der Waals surface area contributed by atoms with Crippen LogP contribution in [0.2, 0.25) is 0 Å². The number of thioether (sulfide) groups is 1. The molecular weight excluding hydrogens is 360 g/mol. The summed E-state index contributed by atoms with van der Waals surface area (Å²) in [5.41, 5.74) is 1.70. The number of hydrogen-bond acceptors (Lipinski definition) is 8. The fourth-order valence-corrected chi connectivity index (χ4v) is 3.50. The topological polar surface area (TPSA) is 81.4 Å². The summed E-state index contributed by atoms with van der Waals surface area (Å²) in [7, 11) is 3.33. The SMILES string of the molecule is COc1ccc(-c2nnc(SCc3csc(N(C)C(C)=O)n3)o2)cc1. The maximum atomic E-state index is 11.4. The van der Waals surface area contributed by atoms with Crippen LogP contribution in [0.25, 0.3) is 11.5 Å². The molecule has 0 atom stereocenters. The molecule has 3 rings (SSSR count). The van der Waals surface area contributed by atoms with Gasteiger partial charge in [0, 0.05) is 30.7 Å². The molecule has 0 unspecified atom stereocenters. The lowest BCUT2D eigenvalue weighted by atomic mass is 10.2. The number of benzene rings is 1. The van der Waals surface area contributed by atoms with Crippen molar-refractivity contribution < 1.29 is 13.9 Å². The largest absolute Gasteiger partial charge is 0.497 e. The van der Waals surface area contributed by atoms with Crippen LogP contribution in [-0.2, 0) is 10.5 Å². The summed E-state index contributed by atoms with van der Waals surface area (Å²) in [6, 6.07) is 7.42. The molecule has 1 aromatic carbocycles. The van der Waals surface area contributed by atoms with Crippen molar-refractivity contribution in [3.05, 3.63) is 35.3 Å². The first kappa shape index (κ1) is 17.4. The van der Waals surface area contributed by atoms with Gasteiger partial charge in [-0.1, -0.05) is 11.8 Å². The summed E-state index contributed by atoms with van der Waals surface area (Å²) in [5, 5.41) is 11.2. The van der Waals surface area contributed by atoms with E-state index >= 15 is 0 Å². The molecule has 25 heavy (non-hydrogen) atoms. The molecule has 0 aliphatic heterocycles. The second-order valence-electron chi connectivity index (χ2n) is 5.09. The number of anilines is 1. The van der Waals surface area contributed by atoms with Crippen molar-refractivity contribution >= 4 is 34.1 Å². The van der Waals surface area contributed by atoms with E-state index in [1.54, 1.807) is 14.2 Å². The summed E-state index contributed by atoms with van der Waals surface area (Å²) in [4.78, 5) is 17.3. The number of rotatable bonds is 6. The van der Waals surface area contributed by atoms with E-state index in [2.05, 4.69) is 15.2 Å². The Labute approximate surface area is 153 Å². The van der Waals surface area contributed by atoms with Crippen molar-refractivity contribution in [2.45, 2.75) is 17.9 Å². The fraction of sp³-hybridized carbons (Fsp3) is 0.250. The highest BCUT2D eigenvalue weighted by Gasteiger charge is 2.13. The molecule has 2 heterocycles. The van der Waals surface area contributed by atoms with Crippen LogP contribution in [0.3, 0.4) is 0 Å². The fourth-order valence-electron chi connectivity index (χ4n) is 1.91. The minimum Gasteiger partial charge on any atom is -0.497 e. The average molecular weight is 376 g/mol. The van der Waals surface area contributed by atoms with Gasteiger partial charge in [-0.15, -0.1) is 21.5 Å². The monoisotopic (exact) mass is 376 g/mol. The van der Waals surface area contributed by atoms with E-state index in [0.717, 1.165) is 17.0 Å². The van der Waals surface area contributed by atoms with E-state index in [1.807, 2.05) is 29.6 Å². The van der Waals surface area contributed by atoms with Crippen molar-refractivity contribution in [3.63, 3.8) is 0 Å². The molecule has 130 valence electrons. The first-order valence-corrected chi connectivity index (χ1v) is 9.23. The zero-order chi connectivity index (χ0) is 17.8. The van der Waals surface area contributed by atoms with Gasteiger partial charge in [0.05, 0.1) is 12.8 Å². The van der Waals surface area contributed by atoms with Crippen molar-refractivity contribution in [3.8, 4) is 17.2 Å². The first-order chi connectivity index (χ1) is 12.1. The predicted molar refractivity (Wildman–Crippen MR) is 97.0 cm³/mol. The van der Waals surface area contributed by atoms with Gasteiger partial charge < -0.3 is 9.15 Å². The predicted octanol–water partition coefficient (Wildman–Crippen LogP) is 3.48. The Kier molecular flexibility index (Phi) is 5.34. The number of hydrogen-bond donors (Lipinski definition) is 0. The molecule has 2 aromatic heterocycles. The molecule has 0 radical (unpaired) electrons. The molecule has 0 spiro atoms. The molecule has 9 heteroatoms. The molecule has 0 saturated heterocycles. The van der Waals surface area contributed by atoms with Crippen LogP contribution in [0.1, 0.15) is 12.6 Å². The van der Waals surface area contributed by atoms with Gasteiger partial charge in [-0.25, -0.2) is 4.98 Å². The minimum atomic E-state index is -0.0467. The summed E-state index contributed by atoms with van der Waals surface area (Å²) in [6.07, 6.45) is 0.